The predicted octanol–water partition coefficient (Wildman–Crippen LogP) is 3.65. The fourth-order valence-corrected chi connectivity index (χ4v) is 4.65. The van der Waals surface area contributed by atoms with Gasteiger partial charge in [-0.3, -0.25) is 0 Å². The van der Waals surface area contributed by atoms with Gasteiger partial charge < -0.3 is 15.1 Å². The first kappa shape index (κ1) is 17.2. The number of hydrogen-bond acceptors (Lipinski definition) is 6. The molecule has 0 radical (unpaired) electrons. The maximum Gasteiger partial charge on any atom is 0.318 e. The van der Waals surface area contributed by atoms with E-state index in [0.717, 1.165) is 29.6 Å². The van der Waals surface area contributed by atoms with Crippen molar-refractivity contribution in [2.24, 2.45) is 0 Å². The molecule has 1 aliphatic rings. The van der Waals surface area contributed by atoms with Crippen LogP contribution in [0.1, 0.15) is 23.7 Å². The first-order chi connectivity index (χ1) is 12.6. The van der Waals surface area contributed by atoms with Gasteiger partial charge in [-0.05, 0) is 37.5 Å². The summed E-state index contributed by atoms with van der Waals surface area (Å²) in [5, 5.41) is 7.28. The molecule has 1 atom stereocenters. The van der Waals surface area contributed by atoms with E-state index in [0.29, 0.717) is 13.1 Å². The van der Waals surface area contributed by atoms with E-state index in [1.165, 1.54) is 21.6 Å². The first-order valence-corrected chi connectivity index (χ1v) is 10.3. The Hall–Kier alpha value is -2.19. The maximum atomic E-state index is 12.6. The molecule has 8 heteroatoms. The fourth-order valence-electron chi connectivity index (χ4n) is 3.15. The predicted molar refractivity (Wildman–Crippen MR) is 107 cm³/mol. The number of amides is 2. The Morgan fingerprint density at radius 2 is 2.00 bits per heavy atom. The Labute approximate surface area is 160 Å². The smallest absolute Gasteiger partial charge is 0.318 e. The highest BCUT2D eigenvalue weighted by Gasteiger charge is 2.25. The second kappa shape index (κ2) is 7.20. The molecule has 136 valence electrons. The average molecular weight is 388 g/mol. The van der Waals surface area contributed by atoms with E-state index in [1.54, 1.807) is 11.3 Å². The number of nitrogens with one attached hydrogen (secondary N) is 1. The lowest BCUT2D eigenvalue weighted by Crippen LogP contribution is -2.52. The summed E-state index contributed by atoms with van der Waals surface area (Å²) in [6.45, 7) is 6.94. The van der Waals surface area contributed by atoms with Crippen molar-refractivity contribution in [3.63, 3.8) is 0 Å². The van der Waals surface area contributed by atoms with Crippen LogP contribution in [0.3, 0.4) is 0 Å². The molecule has 6 nitrogen and oxygen atoms in total. The lowest BCUT2D eigenvalue weighted by Gasteiger charge is -2.35. The standard InChI is InChI=1S/C18H21N5OS2/c1-12(15-11-25-13(2)20-15)19-18(24)23-9-7-22(8-10-23)17-14-5-3-4-6-16(14)26-21-17/h3-6,11-12H,7-10H2,1-2H3,(H,19,24). The van der Waals surface area contributed by atoms with Gasteiger partial charge in [0.15, 0.2) is 0 Å². The normalized spacial score (nSPS) is 16.1. The highest BCUT2D eigenvalue weighted by atomic mass is 32.1. The number of thiazole rings is 1. The van der Waals surface area contributed by atoms with Crippen LogP contribution in [0, 0.1) is 6.92 Å². The molecule has 1 unspecified atom stereocenters. The van der Waals surface area contributed by atoms with Gasteiger partial charge in [0.1, 0.15) is 5.82 Å². The van der Waals surface area contributed by atoms with Crippen LogP contribution < -0.4 is 10.2 Å². The van der Waals surface area contributed by atoms with Crippen molar-refractivity contribution >= 4 is 44.8 Å². The number of carbonyl (C=O) groups is 1. The number of aryl methyl sites for hydroxylation is 1. The Balaban J connectivity index is 1.36. The van der Waals surface area contributed by atoms with E-state index in [1.807, 2.05) is 36.3 Å². The Morgan fingerprint density at radius 3 is 2.73 bits per heavy atom. The van der Waals surface area contributed by atoms with Gasteiger partial charge in [0, 0.05) is 36.9 Å². The number of rotatable bonds is 3. The van der Waals surface area contributed by atoms with Gasteiger partial charge in [-0.15, -0.1) is 11.3 Å². The van der Waals surface area contributed by atoms with Crippen molar-refractivity contribution < 1.29 is 4.79 Å². The second-order valence-electron chi connectivity index (χ2n) is 6.44. The monoisotopic (exact) mass is 387 g/mol. The number of hydrogen-bond donors (Lipinski definition) is 1. The summed E-state index contributed by atoms with van der Waals surface area (Å²) in [5.74, 6) is 1.04. The molecule has 26 heavy (non-hydrogen) atoms. The minimum absolute atomic E-state index is 0.0223. The number of benzene rings is 1. The van der Waals surface area contributed by atoms with E-state index in [9.17, 15) is 4.79 Å². The van der Waals surface area contributed by atoms with Crippen LogP contribution in [0.5, 0.6) is 0 Å². The Bertz CT molecular complexity index is 913. The Kier molecular flexibility index (Phi) is 4.78. The van der Waals surface area contributed by atoms with E-state index in [2.05, 4.69) is 31.7 Å². The summed E-state index contributed by atoms with van der Waals surface area (Å²) < 4.78 is 5.82. The molecule has 0 bridgehead atoms. The number of anilines is 1. The largest absolute Gasteiger partial charge is 0.352 e. The van der Waals surface area contributed by atoms with Crippen molar-refractivity contribution in [1.82, 2.24) is 19.6 Å². The number of fused-ring (bicyclic) bond motifs is 1. The maximum absolute atomic E-state index is 12.6. The van der Waals surface area contributed by atoms with Crippen LogP contribution in [0.4, 0.5) is 10.6 Å². The zero-order chi connectivity index (χ0) is 18.1. The third-order valence-corrected chi connectivity index (χ3v) is 6.25. The van der Waals surface area contributed by atoms with Gasteiger partial charge in [-0.1, -0.05) is 12.1 Å². The molecule has 3 aromatic rings. The van der Waals surface area contributed by atoms with Crippen molar-refractivity contribution in [2.45, 2.75) is 19.9 Å². The van der Waals surface area contributed by atoms with Crippen LogP contribution >= 0.6 is 22.9 Å². The molecular formula is C18H21N5OS2. The van der Waals surface area contributed by atoms with E-state index < -0.39 is 0 Å². The quantitative estimate of drug-likeness (QED) is 0.745. The van der Waals surface area contributed by atoms with Crippen molar-refractivity contribution in [1.29, 1.82) is 0 Å². The highest BCUT2D eigenvalue weighted by Crippen LogP contribution is 2.29. The summed E-state index contributed by atoms with van der Waals surface area (Å²) in [6.07, 6.45) is 0. The minimum Gasteiger partial charge on any atom is -0.352 e. The lowest BCUT2D eigenvalue weighted by molar-refractivity contribution is 0.191. The minimum atomic E-state index is -0.0760. The van der Waals surface area contributed by atoms with Crippen LogP contribution in [-0.2, 0) is 0 Å². The molecule has 1 fully saturated rings. The summed E-state index contributed by atoms with van der Waals surface area (Å²) in [7, 11) is 0. The van der Waals surface area contributed by atoms with Crippen LogP contribution in [-0.4, -0.2) is 46.5 Å². The first-order valence-electron chi connectivity index (χ1n) is 8.68. The number of urea groups is 1. The molecule has 0 aliphatic carbocycles. The van der Waals surface area contributed by atoms with Gasteiger partial charge in [0.25, 0.3) is 0 Å². The molecule has 0 saturated carbocycles. The second-order valence-corrected chi connectivity index (χ2v) is 8.31. The van der Waals surface area contributed by atoms with E-state index >= 15 is 0 Å². The molecule has 1 aliphatic heterocycles. The van der Waals surface area contributed by atoms with Crippen molar-refractivity contribution in [3.05, 3.63) is 40.3 Å². The lowest BCUT2D eigenvalue weighted by atomic mass is 10.2. The molecule has 1 N–H and O–H groups in total. The number of carbonyl (C=O) groups excluding carboxylic acids is 1. The summed E-state index contributed by atoms with van der Waals surface area (Å²) in [5.41, 5.74) is 0.924. The molecule has 3 heterocycles. The molecule has 0 spiro atoms. The van der Waals surface area contributed by atoms with Gasteiger partial charge in [0.05, 0.1) is 21.4 Å². The average Bonchev–Trinajstić information content (AvgIpc) is 3.28. The highest BCUT2D eigenvalue weighted by molar-refractivity contribution is 7.13. The molecule has 1 saturated heterocycles. The van der Waals surface area contributed by atoms with Gasteiger partial charge in [-0.25, -0.2) is 9.78 Å². The van der Waals surface area contributed by atoms with Crippen molar-refractivity contribution in [3.8, 4) is 0 Å². The Morgan fingerprint density at radius 1 is 1.23 bits per heavy atom. The number of nitrogens with zero attached hydrogens (tertiary/aromatic N) is 4. The van der Waals surface area contributed by atoms with Crippen molar-refractivity contribution in [2.75, 3.05) is 31.1 Å². The van der Waals surface area contributed by atoms with Crippen LogP contribution in [0.2, 0.25) is 0 Å². The van der Waals surface area contributed by atoms with Crippen LogP contribution in [0.15, 0.2) is 29.6 Å². The molecule has 4 rings (SSSR count). The summed E-state index contributed by atoms with van der Waals surface area (Å²) in [6, 6.07) is 8.20. The number of aromatic nitrogens is 2. The molecule has 2 aromatic heterocycles. The molecular weight excluding hydrogens is 366 g/mol. The third kappa shape index (κ3) is 3.39. The van der Waals surface area contributed by atoms with Crippen LogP contribution in [0.25, 0.3) is 10.1 Å². The third-order valence-electron chi connectivity index (χ3n) is 4.65. The summed E-state index contributed by atoms with van der Waals surface area (Å²) >= 11 is 3.14. The SMILES string of the molecule is Cc1nc(C(C)NC(=O)N2CCN(c3nsc4ccccc34)CC2)cs1. The summed E-state index contributed by atoms with van der Waals surface area (Å²) in [4.78, 5) is 21.2. The fraction of sp³-hybridized carbons (Fsp3) is 0.389. The van der Waals surface area contributed by atoms with Gasteiger partial charge in [-0.2, -0.15) is 4.37 Å². The van der Waals surface area contributed by atoms with Gasteiger partial charge >= 0.3 is 6.03 Å². The van der Waals surface area contributed by atoms with E-state index in [4.69, 9.17) is 0 Å². The van der Waals surface area contributed by atoms with Gasteiger partial charge in [0.2, 0.25) is 0 Å². The number of piperazine rings is 1. The zero-order valence-electron chi connectivity index (χ0n) is 14.8. The van der Waals surface area contributed by atoms with E-state index in [-0.39, 0.29) is 12.1 Å². The topological polar surface area (TPSA) is 61.4 Å². The molecule has 2 amide bonds. The molecule has 1 aromatic carbocycles. The zero-order valence-corrected chi connectivity index (χ0v) is 16.4.